The first kappa shape index (κ1) is 13.9. The molecule has 0 aromatic heterocycles. The number of hydrazine groups is 1. The molecule has 0 saturated carbocycles. The van der Waals surface area contributed by atoms with E-state index in [1.54, 1.807) is 7.11 Å². The summed E-state index contributed by atoms with van der Waals surface area (Å²) in [5.74, 6) is 1.29. The van der Waals surface area contributed by atoms with Gasteiger partial charge in [0.2, 0.25) is 0 Å². The fraction of sp³-hybridized carbons (Fsp3) is 0.294. The summed E-state index contributed by atoms with van der Waals surface area (Å²) in [6, 6.07) is 14.2. The van der Waals surface area contributed by atoms with Crippen LogP contribution in [0.1, 0.15) is 28.7 Å². The van der Waals surface area contributed by atoms with E-state index in [-0.39, 0.29) is 12.0 Å². The SMILES string of the molecule is COc1ccc(C2NNCC2c2ccccc2)c(O)c1C. The molecule has 1 heterocycles. The van der Waals surface area contributed by atoms with Crippen LogP contribution in [0.3, 0.4) is 0 Å². The van der Waals surface area contributed by atoms with Gasteiger partial charge in [0.1, 0.15) is 11.5 Å². The van der Waals surface area contributed by atoms with E-state index in [2.05, 4.69) is 23.0 Å². The molecule has 2 atom stereocenters. The van der Waals surface area contributed by atoms with E-state index in [0.29, 0.717) is 11.5 Å². The number of ether oxygens (including phenoxy) is 1. The summed E-state index contributed by atoms with van der Waals surface area (Å²) >= 11 is 0. The molecule has 3 N–H and O–H groups in total. The number of rotatable bonds is 3. The van der Waals surface area contributed by atoms with Crippen LogP contribution >= 0.6 is 0 Å². The van der Waals surface area contributed by atoms with Crippen molar-refractivity contribution in [2.45, 2.75) is 18.9 Å². The van der Waals surface area contributed by atoms with Crippen LogP contribution in [0.25, 0.3) is 0 Å². The lowest BCUT2D eigenvalue weighted by atomic mass is 9.87. The Morgan fingerprint density at radius 3 is 2.62 bits per heavy atom. The first-order valence-corrected chi connectivity index (χ1v) is 7.12. The Bertz CT molecular complexity index is 628. The molecule has 1 fully saturated rings. The van der Waals surface area contributed by atoms with Crippen molar-refractivity contribution in [1.82, 2.24) is 10.9 Å². The van der Waals surface area contributed by atoms with Crippen LogP contribution in [0.2, 0.25) is 0 Å². The summed E-state index contributed by atoms with van der Waals surface area (Å²) in [6.45, 7) is 2.71. The lowest BCUT2D eigenvalue weighted by Gasteiger charge is -2.21. The maximum absolute atomic E-state index is 10.5. The highest BCUT2D eigenvalue weighted by atomic mass is 16.5. The highest BCUT2D eigenvalue weighted by molar-refractivity contribution is 5.50. The molecule has 1 aliphatic heterocycles. The Morgan fingerprint density at radius 1 is 1.14 bits per heavy atom. The van der Waals surface area contributed by atoms with Crippen molar-refractivity contribution in [2.24, 2.45) is 0 Å². The summed E-state index contributed by atoms with van der Waals surface area (Å²) in [4.78, 5) is 0. The van der Waals surface area contributed by atoms with Gasteiger partial charge in [0.15, 0.2) is 0 Å². The second kappa shape index (κ2) is 5.76. The molecule has 2 aromatic rings. The van der Waals surface area contributed by atoms with E-state index in [4.69, 9.17) is 4.74 Å². The van der Waals surface area contributed by atoms with Crippen molar-refractivity contribution in [2.75, 3.05) is 13.7 Å². The number of phenols is 1. The molecule has 110 valence electrons. The van der Waals surface area contributed by atoms with Crippen molar-refractivity contribution < 1.29 is 9.84 Å². The average Bonchev–Trinajstić information content (AvgIpc) is 3.00. The normalized spacial score (nSPS) is 21.4. The summed E-state index contributed by atoms with van der Waals surface area (Å²) in [7, 11) is 1.61. The van der Waals surface area contributed by atoms with Gasteiger partial charge in [-0.05, 0) is 24.6 Å². The average molecular weight is 284 g/mol. The van der Waals surface area contributed by atoms with E-state index in [9.17, 15) is 5.11 Å². The van der Waals surface area contributed by atoms with Gasteiger partial charge in [-0.3, -0.25) is 5.43 Å². The Hall–Kier alpha value is -2.04. The molecule has 0 spiro atoms. The van der Waals surface area contributed by atoms with Crippen LogP contribution < -0.4 is 15.6 Å². The molecule has 4 nitrogen and oxygen atoms in total. The number of nitrogens with one attached hydrogen (secondary N) is 2. The molecule has 3 rings (SSSR count). The smallest absolute Gasteiger partial charge is 0.127 e. The first-order chi connectivity index (χ1) is 10.2. The van der Waals surface area contributed by atoms with Crippen LogP contribution in [0, 0.1) is 6.92 Å². The van der Waals surface area contributed by atoms with Crippen molar-refractivity contribution >= 4 is 0 Å². The molecule has 2 aromatic carbocycles. The molecular formula is C17H20N2O2. The summed E-state index contributed by atoms with van der Waals surface area (Å²) in [6.07, 6.45) is 0. The lowest BCUT2D eigenvalue weighted by Crippen LogP contribution is -2.25. The number of aromatic hydroxyl groups is 1. The van der Waals surface area contributed by atoms with Crippen molar-refractivity contribution in [1.29, 1.82) is 0 Å². The van der Waals surface area contributed by atoms with Gasteiger partial charge in [0, 0.05) is 23.6 Å². The fourth-order valence-corrected chi connectivity index (χ4v) is 2.98. The van der Waals surface area contributed by atoms with E-state index in [0.717, 1.165) is 17.7 Å². The minimum Gasteiger partial charge on any atom is -0.507 e. The summed E-state index contributed by atoms with van der Waals surface area (Å²) in [5.41, 5.74) is 9.40. The van der Waals surface area contributed by atoms with Gasteiger partial charge < -0.3 is 9.84 Å². The molecule has 1 aliphatic rings. The van der Waals surface area contributed by atoms with Gasteiger partial charge >= 0.3 is 0 Å². The molecule has 21 heavy (non-hydrogen) atoms. The zero-order valence-corrected chi connectivity index (χ0v) is 12.3. The molecule has 0 aliphatic carbocycles. The maximum atomic E-state index is 10.5. The highest BCUT2D eigenvalue weighted by Crippen LogP contribution is 2.40. The maximum Gasteiger partial charge on any atom is 0.127 e. The summed E-state index contributed by atoms with van der Waals surface area (Å²) < 4.78 is 5.26. The van der Waals surface area contributed by atoms with Crippen LogP contribution in [0.15, 0.2) is 42.5 Å². The first-order valence-electron chi connectivity index (χ1n) is 7.12. The topological polar surface area (TPSA) is 53.5 Å². The van der Waals surface area contributed by atoms with E-state index in [1.807, 2.05) is 37.3 Å². The third-order valence-electron chi connectivity index (χ3n) is 4.18. The van der Waals surface area contributed by atoms with E-state index in [1.165, 1.54) is 5.56 Å². The van der Waals surface area contributed by atoms with Crippen LogP contribution in [-0.4, -0.2) is 18.8 Å². The van der Waals surface area contributed by atoms with Gasteiger partial charge in [-0.15, -0.1) is 0 Å². The Labute approximate surface area is 124 Å². The van der Waals surface area contributed by atoms with Gasteiger partial charge in [-0.2, -0.15) is 0 Å². The third kappa shape index (κ3) is 2.48. The van der Waals surface area contributed by atoms with Crippen LogP contribution in [0.5, 0.6) is 11.5 Å². The molecule has 0 amide bonds. The van der Waals surface area contributed by atoms with Gasteiger partial charge in [0.25, 0.3) is 0 Å². The minimum atomic E-state index is 0.0389. The highest BCUT2D eigenvalue weighted by Gasteiger charge is 2.31. The second-order valence-electron chi connectivity index (χ2n) is 5.35. The zero-order chi connectivity index (χ0) is 14.8. The number of benzene rings is 2. The van der Waals surface area contributed by atoms with Gasteiger partial charge in [-0.1, -0.05) is 30.3 Å². The van der Waals surface area contributed by atoms with Crippen molar-refractivity contribution in [3.05, 3.63) is 59.2 Å². The van der Waals surface area contributed by atoms with E-state index < -0.39 is 0 Å². The molecule has 1 saturated heterocycles. The van der Waals surface area contributed by atoms with Crippen molar-refractivity contribution in [3.8, 4) is 11.5 Å². The quantitative estimate of drug-likeness (QED) is 0.811. The Balaban J connectivity index is 1.98. The number of hydrogen-bond acceptors (Lipinski definition) is 4. The number of phenolic OH excluding ortho intramolecular Hbond substituents is 1. The Morgan fingerprint density at radius 2 is 1.90 bits per heavy atom. The fourth-order valence-electron chi connectivity index (χ4n) is 2.98. The van der Waals surface area contributed by atoms with Crippen molar-refractivity contribution in [3.63, 3.8) is 0 Å². The third-order valence-corrected chi connectivity index (χ3v) is 4.18. The zero-order valence-electron chi connectivity index (χ0n) is 12.3. The molecule has 0 radical (unpaired) electrons. The van der Waals surface area contributed by atoms with Gasteiger partial charge in [0.05, 0.1) is 13.2 Å². The molecule has 2 unspecified atom stereocenters. The Kier molecular flexibility index (Phi) is 3.82. The minimum absolute atomic E-state index is 0.0389. The lowest BCUT2D eigenvalue weighted by molar-refractivity contribution is 0.397. The van der Waals surface area contributed by atoms with Crippen LogP contribution in [-0.2, 0) is 0 Å². The number of methoxy groups -OCH3 is 1. The molecule has 0 bridgehead atoms. The standard InChI is InChI=1S/C17H20N2O2/c1-11-15(21-2)9-8-13(17(11)20)16-14(10-18-19-16)12-6-4-3-5-7-12/h3-9,14,16,18-20H,10H2,1-2H3. The van der Waals surface area contributed by atoms with Gasteiger partial charge in [-0.25, -0.2) is 5.43 Å². The molecular weight excluding hydrogens is 264 g/mol. The van der Waals surface area contributed by atoms with E-state index >= 15 is 0 Å². The predicted molar refractivity (Wildman–Crippen MR) is 82.5 cm³/mol. The molecule has 4 heteroatoms. The van der Waals surface area contributed by atoms with Crippen LogP contribution in [0.4, 0.5) is 0 Å². The largest absolute Gasteiger partial charge is 0.507 e. The number of hydrogen-bond donors (Lipinski definition) is 3. The predicted octanol–water partition coefficient (Wildman–Crippen LogP) is 2.64. The summed E-state index contributed by atoms with van der Waals surface area (Å²) in [5, 5.41) is 10.5. The second-order valence-corrected chi connectivity index (χ2v) is 5.35. The monoisotopic (exact) mass is 284 g/mol.